The van der Waals surface area contributed by atoms with Crippen LogP contribution in [0.4, 0.5) is 0 Å². The molecule has 3 N–H and O–H groups in total. The van der Waals surface area contributed by atoms with Crippen LogP contribution < -0.4 is 11.1 Å². The Morgan fingerprint density at radius 1 is 1.29 bits per heavy atom. The Bertz CT molecular complexity index is 181. The zero-order valence-corrected chi connectivity index (χ0v) is 9.39. The zero-order valence-electron chi connectivity index (χ0n) is 9.39. The molecule has 0 amide bonds. The van der Waals surface area contributed by atoms with Gasteiger partial charge in [-0.3, -0.25) is 0 Å². The fourth-order valence-electron chi connectivity index (χ4n) is 2.17. The molecular formula is C12H24N2. The van der Waals surface area contributed by atoms with Crippen molar-refractivity contribution in [1.29, 1.82) is 0 Å². The third-order valence-corrected chi connectivity index (χ3v) is 3.68. The first-order valence-corrected chi connectivity index (χ1v) is 6.18. The third kappa shape index (κ3) is 3.25. The first-order chi connectivity index (χ1) is 6.68. The molecule has 2 rings (SSSR count). The quantitative estimate of drug-likeness (QED) is 0.610. The number of hydrogen-bond acceptors (Lipinski definition) is 2. The summed E-state index contributed by atoms with van der Waals surface area (Å²) < 4.78 is 0. The lowest BCUT2D eigenvalue weighted by Crippen LogP contribution is -2.48. The normalized spacial score (nSPS) is 26.1. The summed E-state index contributed by atoms with van der Waals surface area (Å²) in [6, 6.07) is 0. The SMILES string of the molecule is CC(N)(CNCCCC1CC1)C1CC1. The molecule has 0 heterocycles. The number of nitrogens with two attached hydrogens (primary N) is 1. The van der Waals surface area contributed by atoms with Gasteiger partial charge in [-0.05, 0) is 51.0 Å². The van der Waals surface area contributed by atoms with Crippen LogP contribution in [0.5, 0.6) is 0 Å². The van der Waals surface area contributed by atoms with Crippen LogP contribution in [-0.4, -0.2) is 18.6 Å². The van der Waals surface area contributed by atoms with Crippen molar-refractivity contribution in [3.63, 3.8) is 0 Å². The summed E-state index contributed by atoms with van der Waals surface area (Å²) in [6.45, 7) is 4.36. The van der Waals surface area contributed by atoms with Gasteiger partial charge in [0.1, 0.15) is 0 Å². The molecule has 2 aliphatic carbocycles. The van der Waals surface area contributed by atoms with E-state index in [1.54, 1.807) is 0 Å². The molecule has 2 saturated carbocycles. The van der Waals surface area contributed by atoms with Crippen LogP contribution >= 0.6 is 0 Å². The average molecular weight is 196 g/mol. The Kier molecular flexibility index (Phi) is 3.13. The molecule has 2 nitrogen and oxygen atoms in total. The first kappa shape index (κ1) is 10.4. The minimum absolute atomic E-state index is 0.0551. The maximum Gasteiger partial charge on any atom is 0.0280 e. The van der Waals surface area contributed by atoms with Gasteiger partial charge in [-0.25, -0.2) is 0 Å². The summed E-state index contributed by atoms with van der Waals surface area (Å²) in [4.78, 5) is 0. The monoisotopic (exact) mass is 196 g/mol. The van der Waals surface area contributed by atoms with Gasteiger partial charge in [0.25, 0.3) is 0 Å². The second-order valence-electron chi connectivity index (χ2n) is 5.54. The second kappa shape index (κ2) is 4.19. The molecule has 1 unspecified atom stereocenters. The number of hydrogen-bond donors (Lipinski definition) is 2. The standard InChI is InChI=1S/C12H24N2/c1-12(13,11-6-7-11)9-14-8-2-3-10-4-5-10/h10-11,14H,2-9,13H2,1H3. The van der Waals surface area contributed by atoms with Gasteiger partial charge in [-0.15, -0.1) is 0 Å². The molecule has 0 aromatic rings. The van der Waals surface area contributed by atoms with E-state index in [4.69, 9.17) is 5.73 Å². The zero-order chi connectivity index (χ0) is 10.0. The molecule has 82 valence electrons. The van der Waals surface area contributed by atoms with Crippen LogP contribution in [0.15, 0.2) is 0 Å². The predicted molar refractivity (Wildman–Crippen MR) is 60.1 cm³/mol. The van der Waals surface area contributed by atoms with Gasteiger partial charge in [0.15, 0.2) is 0 Å². The lowest BCUT2D eigenvalue weighted by atomic mass is 9.97. The third-order valence-electron chi connectivity index (χ3n) is 3.68. The molecule has 0 aromatic carbocycles. The summed E-state index contributed by atoms with van der Waals surface area (Å²) in [5.41, 5.74) is 6.27. The topological polar surface area (TPSA) is 38.0 Å². The van der Waals surface area contributed by atoms with E-state index in [9.17, 15) is 0 Å². The maximum atomic E-state index is 6.21. The van der Waals surface area contributed by atoms with Gasteiger partial charge < -0.3 is 11.1 Å². The first-order valence-electron chi connectivity index (χ1n) is 6.18. The van der Waals surface area contributed by atoms with Crippen molar-refractivity contribution in [3.05, 3.63) is 0 Å². The van der Waals surface area contributed by atoms with Gasteiger partial charge in [0.2, 0.25) is 0 Å². The molecule has 2 fully saturated rings. The van der Waals surface area contributed by atoms with Crippen LogP contribution in [-0.2, 0) is 0 Å². The summed E-state index contributed by atoms with van der Waals surface area (Å²) in [7, 11) is 0. The van der Waals surface area contributed by atoms with E-state index >= 15 is 0 Å². The van der Waals surface area contributed by atoms with E-state index in [0.717, 1.165) is 24.9 Å². The fraction of sp³-hybridized carbons (Fsp3) is 1.00. The van der Waals surface area contributed by atoms with Crippen LogP contribution in [0.2, 0.25) is 0 Å². The largest absolute Gasteiger partial charge is 0.324 e. The molecule has 14 heavy (non-hydrogen) atoms. The van der Waals surface area contributed by atoms with Crippen LogP contribution in [0.25, 0.3) is 0 Å². The second-order valence-corrected chi connectivity index (χ2v) is 5.54. The summed E-state index contributed by atoms with van der Waals surface area (Å²) in [6.07, 6.45) is 8.42. The number of nitrogens with one attached hydrogen (secondary N) is 1. The predicted octanol–water partition coefficient (Wildman–Crippen LogP) is 1.89. The van der Waals surface area contributed by atoms with Crippen molar-refractivity contribution in [2.24, 2.45) is 17.6 Å². The lowest BCUT2D eigenvalue weighted by Gasteiger charge is -2.24. The molecule has 0 bridgehead atoms. The number of rotatable bonds is 7. The van der Waals surface area contributed by atoms with Gasteiger partial charge in [0.05, 0.1) is 0 Å². The van der Waals surface area contributed by atoms with Gasteiger partial charge >= 0.3 is 0 Å². The van der Waals surface area contributed by atoms with E-state index in [1.807, 2.05) is 0 Å². The van der Waals surface area contributed by atoms with Crippen LogP contribution in [0, 0.1) is 11.8 Å². The maximum absolute atomic E-state index is 6.21. The van der Waals surface area contributed by atoms with Crippen molar-refractivity contribution in [3.8, 4) is 0 Å². The molecule has 2 aliphatic rings. The molecule has 1 atom stereocenters. The van der Waals surface area contributed by atoms with Crippen molar-refractivity contribution < 1.29 is 0 Å². The summed E-state index contributed by atoms with van der Waals surface area (Å²) in [5.74, 6) is 1.86. The van der Waals surface area contributed by atoms with Crippen molar-refractivity contribution in [2.45, 2.75) is 51.0 Å². The van der Waals surface area contributed by atoms with Crippen molar-refractivity contribution in [1.82, 2.24) is 5.32 Å². The minimum atomic E-state index is 0.0551. The van der Waals surface area contributed by atoms with E-state index in [0.29, 0.717) is 0 Å². The van der Waals surface area contributed by atoms with Crippen molar-refractivity contribution >= 4 is 0 Å². The van der Waals surface area contributed by atoms with Crippen LogP contribution in [0.1, 0.15) is 45.4 Å². The molecule has 2 heteroatoms. The van der Waals surface area contributed by atoms with Crippen molar-refractivity contribution in [2.75, 3.05) is 13.1 Å². The molecular weight excluding hydrogens is 172 g/mol. The summed E-state index contributed by atoms with van der Waals surface area (Å²) >= 11 is 0. The molecule has 0 radical (unpaired) electrons. The van der Waals surface area contributed by atoms with E-state index in [2.05, 4.69) is 12.2 Å². The molecule has 0 spiro atoms. The van der Waals surface area contributed by atoms with E-state index in [1.165, 1.54) is 38.5 Å². The fourth-order valence-corrected chi connectivity index (χ4v) is 2.17. The molecule has 0 aromatic heterocycles. The Hall–Kier alpha value is -0.0800. The smallest absolute Gasteiger partial charge is 0.0280 e. The Morgan fingerprint density at radius 3 is 2.57 bits per heavy atom. The Balaban J connectivity index is 1.48. The highest BCUT2D eigenvalue weighted by atomic mass is 14.9. The van der Waals surface area contributed by atoms with Gasteiger partial charge in [-0.1, -0.05) is 12.8 Å². The van der Waals surface area contributed by atoms with Crippen LogP contribution in [0.3, 0.4) is 0 Å². The van der Waals surface area contributed by atoms with Gasteiger partial charge in [-0.2, -0.15) is 0 Å². The summed E-state index contributed by atoms with van der Waals surface area (Å²) in [5, 5.41) is 3.51. The molecule has 0 aliphatic heterocycles. The average Bonchev–Trinajstić information content (AvgIpc) is 2.99. The van der Waals surface area contributed by atoms with E-state index in [-0.39, 0.29) is 5.54 Å². The Labute approximate surface area is 87.6 Å². The molecule has 0 saturated heterocycles. The highest BCUT2D eigenvalue weighted by Gasteiger charge is 2.37. The van der Waals surface area contributed by atoms with E-state index < -0.39 is 0 Å². The van der Waals surface area contributed by atoms with Gasteiger partial charge in [0, 0.05) is 12.1 Å². The minimum Gasteiger partial charge on any atom is -0.324 e. The highest BCUT2D eigenvalue weighted by molar-refractivity contribution is 4.96. The lowest BCUT2D eigenvalue weighted by molar-refractivity contribution is 0.378. The Morgan fingerprint density at radius 2 is 2.00 bits per heavy atom. The highest BCUT2D eigenvalue weighted by Crippen LogP contribution is 2.37.